The fraction of sp³-hybridized carbons (Fsp3) is 0.286. The standard InChI is InChI=1S/C14H17N3O/c1-10-4-6-12(7-5-10)18-9-14-16-11(2)8-13(15-3)17-14/h4-8H,9H2,1-3H3,(H,15,16,17). The summed E-state index contributed by atoms with van der Waals surface area (Å²) in [5.41, 5.74) is 2.14. The highest BCUT2D eigenvalue weighted by Crippen LogP contribution is 2.13. The Balaban J connectivity index is 2.05. The van der Waals surface area contributed by atoms with E-state index in [0.717, 1.165) is 17.3 Å². The van der Waals surface area contributed by atoms with Crippen molar-refractivity contribution in [3.8, 4) is 5.75 Å². The zero-order valence-electron chi connectivity index (χ0n) is 10.9. The molecule has 0 fully saturated rings. The van der Waals surface area contributed by atoms with Crippen molar-refractivity contribution >= 4 is 5.82 Å². The van der Waals surface area contributed by atoms with Gasteiger partial charge in [-0.2, -0.15) is 0 Å². The van der Waals surface area contributed by atoms with E-state index in [-0.39, 0.29) is 0 Å². The lowest BCUT2D eigenvalue weighted by Gasteiger charge is -2.07. The van der Waals surface area contributed by atoms with Crippen molar-refractivity contribution in [1.82, 2.24) is 9.97 Å². The Hall–Kier alpha value is -2.10. The van der Waals surface area contributed by atoms with Crippen LogP contribution < -0.4 is 10.1 Å². The van der Waals surface area contributed by atoms with E-state index < -0.39 is 0 Å². The van der Waals surface area contributed by atoms with Gasteiger partial charge in [0.2, 0.25) is 0 Å². The Morgan fingerprint density at radius 2 is 1.83 bits per heavy atom. The van der Waals surface area contributed by atoms with Crippen LogP contribution in [-0.4, -0.2) is 17.0 Å². The lowest BCUT2D eigenvalue weighted by atomic mass is 10.2. The van der Waals surface area contributed by atoms with E-state index in [2.05, 4.69) is 15.3 Å². The van der Waals surface area contributed by atoms with Crippen LogP contribution in [0, 0.1) is 13.8 Å². The summed E-state index contributed by atoms with van der Waals surface area (Å²) >= 11 is 0. The van der Waals surface area contributed by atoms with E-state index in [0.29, 0.717) is 12.4 Å². The maximum absolute atomic E-state index is 5.65. The molecule has 1 aromatic heterocycles. The third kappa shape index (κ3) is 3.20. The van der Waals surface area contributed by atoms with Crippen LogP contribution in [0.4, 0.5) is 5.82 Å². The van der Waals surface area contributed by atoms with Crippen molar-refractivity contribution in [2.45, 2.75) is 20.5 Å². The molecule has 0 radical (unpaired) electrons. The van der Waals surface area contributed by atoms with Crippen molar-refractivity contribution in [1.29, 1.82) is 0 Å². The summed E-state index contributed by atoms with van der Waals surface area (Å²) in [6, 6.07) is 9.83. The van der Waals surface area contributed by atoms with Crippen LogP contribution >= 0.6 is 0 Å². The van der Waals surface area contributed by atoms with Gasteiger partial charge in [-0.15, -0.1) is 0 Å². The molecule has 2 aromatic rings. The number of ether oxygens (including phenoxy) is 1. The minimum atomic E-state index is 0.374. The number of rotatable bonds is 4. The first-order chi connectivity index (χ1) is 8.67. The number of hydrogen-bond acceptors (Lipinski definition) is 4. The van der Waals surface area contributed by atoms with Crippen molar-refractivity contribution in [2.75, 3.05) is 12.4 Å². The van der Waals surface area contributed by atoms with Crippen LogP contribution in [-0.2, 0) is 6.61 Å². The van der Waals surface area contributed by atoms with Gasteiger partial charge < -0.3 is 10.1 Å². The normalized spacial score (nSPS) is 10.2. The number of aryl methyl sites for hydroxylation is 2. The lowest BCUT2D eigenvalue weighted by molar-refractivity contribution is 0.295. The topological polar surface area (TPSA) is 47.0 Å². The number of nitrogens with one attached hydrogen (secondary N) is 1. The monoisotopic (exact) mass is 243 g/mol. The first-order valence-electron chi connectivity index (χ1n) is 5.89. The van der Waals surface area contributed by atoms with E-state index in [9.17, 15) is 0 Å². The van der Waals surface area contributed by atoms with Gasteiger partial charge in [-0.05, 0) is 26.0 Å². The summed E-state index contributed by atoms with van der Waals surface area (Å²) in [6.45, 7) is 4.37. The molecule has 0 aliphatic heterocycles. The van der Waals surface area contributed by atoms with E-state index in [1.807, 2.05) is 51.2 Å². The molecule has 1 heterocycles. The summed E-state index contributed by atoms with van der Waals surface area (Å²) in [7, 11) is 1.84. The summed E-state index contributed by atoms with van der Waals surface area (Å²) in [4.78, 5) is 8.68. The largest absolute Gasteiger partial charge is 0.486 e. The molecule has 18 heavy (non-hydrogen) atoms. The van der Waals surface area contributed by atoms with Gasteiger partial charge >= 0.3 is 0 Å². The van der Waals surface area contributed by atoms with Crippen molar-refractivity contribution in [2.24, 2.45) is 0 Å². The fourth-order valence-corrected chi connectivity index (χ4v) is 1.61. The number of anilines is 1. The van der Waals surface area contributed by atoms with Gasteiger partial charge in [-0.25, -0.2) is 9.97 Å². The first kappa shape index (κ1) is 12.4. The molecule has 94 valence electrons. The number of hydrogen-bond donors (Lipinski definition) is 1. The average molecular weight is 243 g/mol. The van der Waals surface area contributed by atoms with Gasteiger partial charge in [-0.1, -0.05) is 17.7 Å². The molecule has 2 rings (SSSR count). The molecule has 0 bridgehead atoms. The van der Waals surface area contributed by atoms with Crippen molar-refractivity contribution < 1.29 is 4.74 Å². The molecular formula is C14H17N3O. The van der Waals surface area contributed by atoms with E-state index in [1.165, 1.54) is 5.56 Å². The third-order valence-corrected chi connectivity index (χ3v) is 2.55. The summed E-state index contributed by atoms with van der Waals surface area (Å²) in [5, 5.41) is 3.01. The lowest BCUT2D eigenvalue weighted by Crippen LogP contribution is -2.05. The van der Waals surface area contributed by atoms with Crippen LogP contribution in [0.15, 0.2) is 30.3 Å². The molecule has 0 aliphatic carbocycles. The Morgan fingerprint density at radius 3 is 2.50 bits per heavy atom. The molecule has 0 spiro atoms. The SMILES string of the molecule is CNc1cc(C)nc(COc2ccc(C)cc2)n1. The molecule has 0 saturated carbocycles. The average Bonchev–Trinajstić information content (AvgIpc) is 2.37. The summed E-state index contributed by atoms with van der Waals surface area (Å²) < 4.78 is 5.65. The summed E-state index contributed by atoms with van der Waals surface area (Å²) in [6.07, 6.45) is 0. The van der Waals surface area contributed by atoms with Gasteiger partial charge in [0, 0.05) is 18.8 Å². The van der Waals surface area contributed by atoms with Crippen molar-refractivity contribution in [3.05, 3.63) is 47.4 Å². The van der Waals surface area contributed by atoms with Gasteiger partial charge in [0.05, 0.1) is 0 Å². The molecule has 0 amide bonds. The molecule has 4 nitrogen and oxygen atoms in total. The zero-order valence-corrected chi connectivity index (χ0v) is 10.9. The van der Waals surface area contributed by atoms with Crippen LogP contribution in [0.25, 0.3) is 0 Å². The molecule has 0 saturated heterocycles. The molecule has 0 aliphatic rings. The van der Waals surface area contributed by atoms with Gasteiger partial charge in [0.1, 0.15) is 18.2 Å². The highest BCUT2D eigenvalue weighted by Gasteiger charge is 2.02. The van der Waals surface area contributed by atoms with Crippen LogP contribution in [0.5, 0.6) is 5.75 Å². The number of nitrogens with zero attached hydrogens (tertiary/aromatic N) is 2. The Bertz CT molecular complexity index is 523. The minimum Gasteiger partial charge on any atom is -0.486 e. The van der Waals surface area contributed by atoms with Gasteiger partial charge in [0.15, 0.2) is 5.82 Å². The Labute approximate surface area is 107 Å². The smallest absolute Gasteiger partial charge is 0.168 e. The molecular weight excluding hydrogens is 226 g/mol. The highest BCUT2D eigenvalue weighted by atomic mass is 16.5. The van der Waals surface area contributed by atoms with Gasteiger partial charge in [0.25, 0.3) is 0 Å². The van der Waals surface area contributed by atoms with E-state index in [1.54, 1.807) is 0 Å². The van der Waals surface area contributed by atoms with E-state index >= 15 is 0 Å². The minimum absolute atomic E-state index is 0.374. The molecule has 1 aromatic carbocycles. The maximum Gasteiger partial charge on any atom is 0.168 e. The van der Waals surface area contributed by atoms with Crippen molar-refractivity contribution in [3.63, 3.8) is 0 Å². The third-order valence-electron chi connectivity index (χ3n) is 2.55. The second-order valence-electron chi connectivity index (χ2n) is 4.16. The zero-order chi connectivity index (χ0) is 13.0. The quantitative estimate of drug-likeness (QED) is 0.897. The predicted octanol–water partition coefficient (Wildman–Crippen LogP) is 2.71. The first-order valence-corrected chi connectivity index (χ1v) is 5.89. The van der Waals surface area contributed by atoms with Gasteiger partial charge in [-0.3, -0.25) is 0 Å². The number of benzene rings is 1. The molecule has 1 N–H and O–H groups in total. The van der Waals surface area contributed by atoms with Crippen LogP contribution in [0.3, 0.4) is 0 Å². The maximum atomic E-state index is 5.65. The number of aromatic nitrogens is 2. The fourth-order valence-electron chi connectivity index (χ4n) is 1.61. The second kappa shape index (κ2) is 5.49. The Kier molecular flexibility index (Phi) is 3.77. The second-order valence-corrected chi connectivity index (χ2v) is 4.16. The molecule has 0 unspecified atom stereocenters. The molecule has 4 heteroatoms. The molecule has 0 atom stereocenters. The van der Waals surface area contributed by atoms with E-state index in [4.69, 9.17) is 4.74 Å². The van der Waals surface area contributed by atoms with Crippen LogP contribution in [0.1, 0.15) is 17.1 Å². The predicted molar refractivity (Wildman–Crippen MR) is 71.8 cm³/mol. The highest BCUT2D eigenvalue weighted by molar-refractivity contribution is 5.34. The Morgan fingerprint density at radius 1 is 1.11 bits per heavy atom. The van der Waals surface area contributed by atoms with Crippen LogP contribution in [0.2, 0.25) is 0 Å². The summed E-state index contributed by atoms with van der Waals surface area (Å²) in [5.74, 6) is 2.32.